The minimum Gasteiger partial charge on any atom is -0.493 e. The molecule has 0 N–H and O–H groups in total. The van der Waals surface area contributed by atoms with Crippen LogP contribution in [0.4, 0.5) is 0 Å². The van der Waals surface area contributed by atoms with Gasteiger partial charge < -0.3 is 23.8 Å². The number of benzene rings is 2. The highest BCUT2D eigenvalue weighted by Gasteiger charge is 2.36. The van der Waals surface area contributed by atoms with Crippen LogP contribution in [0.1, 0.15) is 55.6 Å². The van der Waals surface area contributed by atoms with E-state index in [1.807, 2.05) is 0 Å². The van der Waals surface area contributed by atoms with Gasteiger partial charge in [0.2, 0.25) is 0 Å². The van der Waals surface area contributed by atoms with Gasteiger partial charge in [-0.2, -0.15) is 5.26 Å². The van der Waals surface area contributed by atoms with E-state index in [4.69, 9.17) is 36.8 Å². The zero-order valence-electron chi connectivity index (χ0n) is 32.5. The smallest absolute Gasteiger partial charge is 0.161 e. The van der Waals surface area contributed by atoms with Crippen LogP contribution in [-0.2, 0) is 11.8 Å². The first-order valence-corrected chi connectivity index (χ1v) is 10.3. The summed E-state index contributed by atoms with van der Waals surface area (Å²) in [6.07, 6.45) is -2.71. The fourth-order valence-electron chi connectivity index (χ4n) is 3.39. The number of hydrogen-bond donors (Lipinski definition) is 0. The van der Waals surface area contributed by atoms with Crippen molar-refractivity contribution in [2.45, 2.75) is 38.5 Å². The van der Waals surface area contributed by atoms with Crippen molar-refractivity contribution in [2.24, 2.45) is 5.92 Å². The van der Waals surface area contributed by atoms with Crippen molar-refractivity contribution in [2.75, 3.05) is 48.4 Å². The van der Waals surface area contributed by atoms with E-state index in [1.54, 1.807) is 13.8 Å². The number of nitrogens with zero attached hydrogens (tertiary/aromatic N) is 2. The predicted octanol–water partition coefficient (Wildman–Crippen LogP) is 5.09. The third-order valence-electron chi connectivity index (χ3n) is 5.40. The lowest BCUT2D eigenvalue weighted by Crippen LogP contribution is -2.32. The van der Waals surface area contributed by atoms with Gasteiger partial charge in [0.1, 0.15) is 0 Å². The average Bonchev–Trinajstić information content (AvgIpc) is 2.92. The maximum atomic E-state index is 10.4. The number of rotatable bonds is 13. The number of nitriles is 1. The molecule has 0 amide bonds. The Labute approximate surface area is 217 Å². The number of likely N-dealkylation sites (N-methyl/N-ethyl adjacent to an activating group) is 1. The summed E-state index contributed by atoms with van der Waals surface area (Å²) in [4.78, 5) is 1.07. The first-order valence-electron chi connectivity index (χ1n) is 16.8. The van der Waals surface area contributed by atoms with Crippen LogP contribution >= 0.6 is 0 Å². The number of aryl methyl sites for hydroxylation is 1. The highest BCUT2D eigenvalue weighted by atomic mass is 16.5. The molecule has 0 heterocycles. The minimum absolute atomic E-state index is 0.00893. The van der Waals surface area contributed by atoms with Gasteiger partial charge >= 0.3 is 0 Å². The Bertz CT molecular complexity index is 1440. The van der Waals surface area contributed by atoms with E-state index < -0.39 is 49.8 Å². The molecule has 1 unspecified atom stereocenters. The highest BCUT2D eigenvalue weighted by Crippen LogP contribution is 2.40. The molecule has 6 heteroatoms. The van der Waals surface area contributed by atoms with Gasteiger partial charge in [-0.05, 0) is 74.1 Å². The summed E-state index contributed by atoms with van der Waals surface area (Å²) < 4.78 is 125. The predicted molar refractivity (Wildman–Crippen MR) is 132 cm³/mol. The fraction of sp³-hybridized carbons (Fsp3) is 0.519. The molecule has 0 aromatic heterocycles. The fourth-order valence-corrected chi connectivity index (χ4v) is 3.39. The van der Waals surface area contributed by atoms with Crippen molar-refractivity contribution in [1.82, 2.24) is 4.90 Å². The lowest BCUT2D eigenvalue weighted by atomic mass is 9.69. The second-order valence-corrected chi connectivity index (χ2v) is 7.68. The molecule has 0 bridgehead atoms. The first kappa shape index (κ1) is 13.1. The lowest BCUT2D eigenvalue weighted by Gasteiger charge is -2.32. The molecule has 0 aliphatic heterocycles. The van der Waals surface area contributed by atoms with Crippen LogP contribution in [0.15, 0.2) is 36.3 Å². The van der Waals surface area contributed by atoms with E-state index in [0.717, 1.165) is 23.1 Å². The van der Waals surface area contributed by atoms with E-state index in [9.17, 15) is 5.26 Å². The highest BCUT2D eigenvalue weighted by molar-refractivity contribution is 5.47. The molecule has 33 heavy (non-hydrogen) atoms. The lowest BCUT2D eigenvalue weighted by molar-refractivity contribution is 0.292. The van der Waals surface area contributed by atoms with Crippen LogP contribution in [0, 0.1) is 17.2 Å². The largest absolute Gasteiger partial charge is 0.493 e. The van der Waals surface area contributed by atoms with Crippen LogP contribution in [-0.4, -0.2) is 53.3 Å². The monoisotopic (exact) mass is 467 g/mol. The first-order chi connectivity index (χ1) is 20.9. The van der Waals surface area contributed by atoms with Crippen molar-refractivity contribution in [3.8, 4) is 29.1 Å². The van der Waals surface area contributed by atoms with Crippen molar-refractivity contribution >= 4 is 0 Å². The Hall–Kier alpha value is -2.91. The van der Waals surface area contributed by atoms with E-state index in [2.05, 4.69) is 6.07 Å². The molecular formula is C27H38N2O4. The standard InChI is InChI=1S/C27H38N2O4/c1-20(2)27(19-28,22-10-12-24(31-5)26(18-22)33-7)14-8-15-29(3)16-13-21-9-11-23(30-4)25(17-21)32-6/h9-12,17-18,20H,8,13-16H2,1-7H3/i4D3,6D3,10D,12D,13D2,16D2,18D. The zero-order chi connectivity index (χ0) is 35.6. The number of hydrogen-bond acceptors (Lipinski definition) is 6. The molecule has 0 aliphatic rings. The van der Waals surface area contributed by atoms with Gasteiger partial charge in [-0.3, -0.25) is 0 Å². The Kier molecular flexibility index (Phi) is 4.91. The van der Waals surface area contributed by atoms with Crippen LogP contribution in [0.5, 0.6) is 23.0 Å². The molecule has 180 valence electrons. The molecule has 2 aromatic rings. The average molecular weight is 468 g/mol. The van der Waals surface area contributed by atoms with Gasteiger partial charge in [-0.1, -0.05) is 26.0 Å². The van der Waals surface area contributed by atoms with Crippen molar-refractivity contribution in [1.29, 1.82) is 5.26 Å². The van der Waals surface area contributed by atoms with Gasteiger partial charge in [0.25, 0.3) is 0 Å². The quantitative estimate of drug-likeness (QED) is 0.409. The van der Waals surface area contributed by atoms with E-state index in [-0.39, 0.29) is 60.1 Å². The summed E-state index contributed by atoms with van der Waals surface area (Å²) in [7, 11) is -2.15. The summed E-state index contributed by atoms with van der Waals surface area (Å²) >= 11 is 0. The molecule has 0 radical (unpaired) electrons. The zero-order valence-corrected chi connectivity index (χ0v) is 19.5. The summed E-state index contributed by atoms with van der Waals surface area (Å²) in [6, 6.07) is 4.14. The number of ether oxygens (including phenoxy) is 4. The Morgan fingerprint density at radius 3 is 2.45 bits per heavy atom. The molecule has 0 spiro atoms. The maximum Gasteiger partial charge on any atom is 0.161 e. The topological polar surface area (TPSA) is 64.0 Å². The van der Waals surface area contributed by atoms with E-state index >= 15 is 0 Å². The third-order valence-corrected chi connectivity index (χ3v) is 5.40. The van der Waals surface area contributed by atoms with Gasteiger partial charge in [0.05, 0.1) is 52.1 Å². The van der Waals surface area contributed by atoms with Crippen molar-refractivity contribution in [3.05, 3.63) is 47.5 Å². The van der Waals surface area contributed by atoms with E-state index in [0.29, 0.717) is 0 Å². The van der Waals surface area contributed by atoms with Crippen LogP contribution in [0.2, 0.25) is 0 Å². The van der Waals surface area contributed by atoms with Gasteiger partial charge in [-0.15, -0.1) is 0 Å². The third kappa shape index (κ3) is 6.33. The molecule has 2 aromatic carbocycles. The van der Waals surface area contributed by atoms with Crippen LogP contribution in [0.25, 0.3) is 0 Å². The van der Waals surface area contributed by atoms with Crippen molar-refractivity contribution in [3.63, 3.8) is 0 Å². The molecular weight excluding hydrogens is 416 g/mol. The molecule has 0 saturated heterocycles. The maximum absolute atomic E-state index is 10.4. The van der Waals surface area contributed by atoms with Gasteiger partial charge in [-0.25, -0.2) is 0 Å². The molecule has 0 fully saturated rings. The normalized spacial score (nSPS) is 20.2. The summed E-state index contributed by atoms with van der Waals surface area (Å²) in [5, 5.41) is 10.4. The summed E-state index contributed by atoms with van der Waals surface area (Å²) in [5.41, 5.74) is -1.87. The summed E-state index contributed by atoms with van der Waals surface area (Å²) in [6.45, 7) is 0.594. The SMILES string of the molecule is [2H]c1c([2H])c(C(C#N)(CCCN(C)C([2H])([2H])C([2H])([2H])c2ccc(OC([2H])([2H])[2H])c(OC([2H])([2H])[2H])c2)C(C)C)c([2H])c(OC)c1OC. The van der Waals surface area contributed by atoms with Crippen LogP contribution in [0.3, 0.4) is 0 Å². The Balaban J connectivity index is 2.46. The molecule has 6 nitrogen and oxygen atoms in total. The Morgan fingerprint density at radius 1 is 1.09 bits per heavy atom. The molecule has 0 saturated carbocycles. The van der Waals surface area contributed by atoms with Gasteiger partial charge in [0.15, 0.2) is 23.0 Å². The van der Waals surface area contributed by atoms with Gasteiger partial charge in [0, 0.05) is 12.0 Å². The van der Waals surface area contributed by atoms with Crippen molar-refractivity contribution < 1.29 is 36.8 Å². The van der Waals surface area contributed by atoms with E-state index in [1.165, 1.54) is 21.3 Å². The molecule has 1 atom stereocenters. The minimum atomic E-state index is -3.05. The van der Waals surface area contributed by atoms with Crippen LogP contribution < -0.4 is 18.9 Å². The summed E-state index contributed by atoms with van der Waals surface area (Å²) in [5.74, 6) is -1.80. The second-order valence-electron chi connectivity index (χ2n) is 7.68. The molecule has 2 rings (SSSR count). The molecule has 0 aliphatic carbocycles. The Morgan fingerprint density at radius 2 is 1.82 bits per heavy atom. The second kappa shape index (κ2) is 12.4. The number of methoxy groups -OCH3 is 4.